The van der Waals surface area contributed by atoms with Gasteiger partial charge in [-0.2, -0.15) is 17.6 Å². The van der Waals surface area contributed by atoms with Gasteiger partial charge in [-0.3, -0.25) is 9.53 Å². The Balaban J connectivity index is 1.62. The number of carboxylic acid groups (broad SMARTS) is 1. The fourth-order valence-corrected chi connectivity index (χ4v) is 4.48. The number of aromatic nitrogens is 3. The Morgan fingerprint density at radius 2 is 1.94 bits per heavy atom. The molecule has 1 aromatic carbocycles. The number of rotatable bonds is 7. The Morgan fingerprint density at radius 1 is 1.24 bits per heavy atom. The molecule has 0 spiro atoms. The summed E-state index contributed by atoms with van der Waals surface area (Å²) in [5.74, 6) is -1.51. The van der Waals surface area contributed by atoms with Gasteiger partial charge < -0.3 is 14.6 Å². The summed E-state index contributed by atoms with van der Waals surface area (Å²) in [5, 5.41) is 9.16. The van der Waals surface area contributed by atoms with Crippen molar-refractivity contribution in [3.05, 3.63) is 47.5 Å². The number of carboxylic acids is 1. The van der Waals surface area contributed by atoms with E-state index in [4.69, 9.17) is 5.11 Å². The van der Waals surface area contributed by atoms with Crippen molar-refractivity contribution in [1.29, 1.82) is 0 Å². The highest BCUT2D eigenvalue weighted by Crippen LogP contribution is 2.38. The molecule has 0 bridgehead atoms. The third-order valence-electron chi connectivity index (χ3n) is 5.13. The van der Waals surface area contributed by atoms with Gasteiger partial charge in [0, 0.05) is 18.5 Å². The SMILES string of the molecule is CCn1cc(N2CC(F)(F)OC(F)(F)C2)c2nc(SCc3ccc(F)c(CC(=O)O)c3)ncc21. The smallest absolute Gasteiger partial charge is 0.377 e. The quantitative estimate of drug-likeness (QED) is 0.289. The molecule has 3 aromatic rings. The molecule has 1 aliphatic heterocycles. The number of morpholine rings is 1. The zero-order chi connectivity index (χ0) is 24.7. The summed E-state index contributed by atoms with van der Waals surface area (Å²) in [6.45, 7) is 0.128. The molecule has 0 amide bonds. The molecule has 0 saturated carbocycles. The summed E-state index contributed by atoms with van der Waals surface area (Å²) in [7, 11) is 0. The van der Waals surface area contributed by atoms with Gasteiger partial charge in [-0.15, -0.1) is 0 Å². The van der Waals surface area contributed by atoms with E-state index in [9.17, 15) is 26.7 Å². The van der Waals surface area contributed by atoms with Crippen molar-refractivity contribution in [2.75, 3.05) is 18.0 Å². The van der Waals surface area contributed by atoms with Crippen molar-refractivity contribution in [2.24, 2.45) is 0 Å². The van der Waals surface area contributed by atoms with Gasteiger partial charge in [-0.05, 0) is 24.1 Å². The third kappa shape index (κ3) is 5.25. The number of aliphatic carboxylic acids is 1. The maximum absolute atomic E-state index is 13.8. The second kappa shape index (κ2) is 9.02. The Bertz CT molecular complexity index is 1220. The van der Waals surface area contributed by atoms with Gasteiger partial charge in [0.15, 0.2) is 5.16 Å². The van der Waals surface area contributed by atoms with Crippen LogP contribution >= 0.6 is 11.8 Å². The molecule has 4 rings (SSSR count). The second-order valence-corrected chi connectivity index (χ2v) is 8.65. The van der Waals surface area contributed by atoms with E-state index in [2.05, 4.69) is 14.7 Å². The number of hydrogen-bond acceptors (Lipinski definition) is 6. The highest BCUT2D eigenvalue weighted by Gasteiger charge is 2.52. The predicted molar refractivity (Wildman–Crippen MR) is 114 cm³/mol. The highest BCUT2D eigenvalue weighted by molar-refractivity contribution is 7.98. The van der Waals surface area contributed by atoms with Gasteiger partial charge in [0.25, 0.3) is 0 Å². The average molecular weight is 502 g/mol. The highest BCUT2D eigenvalue weighted by atomic mass is 32.2. The molecule has 3 heterocycles. The van der Waals surface area contributed by atoms with Crippen molar-refractivity contribution in [3.8, 4) is 0 Å². The molecule has 0 unspecified atom stereocenters. The lowest BCUT2D eigenvalue weighted by Crippen LogP contribution is -2.55. The fraction of sp³-hybridized carbons (Fsp3) is 0.381. The zero-order valence-electron chi connectivity index (χ0n) is 17.8. The minimum absolute atomic E-state index is 0.0402. The Labute approximate surface area is 194 Å². The fourth-order valence-electron chi connectivity index (χ4n) is 3.72. The Hall–Kier alpha value is -2.93. The number of thioether (sulfide) groups is 1. The standard InChI is InChI=1S/C21H19F5N4O3S/c1-2-29-8-16(30-10-20(23,24)33-21(25,26)11-30)18-15(29)7-27-19(28-18)34-9-12-3-4-14(22)13(5-12)6-17(31)32/h3-5,7-8H,2,6,9-11H2,1H3,(H,31,32). The van der Waals surface area contributed by atoms with E-state index < -0.39 is 43.5 Å². The topological polar surface area (TPSA) is 80.5 Å². The normalized spacial score (nSPS) is 17.3. The van der Waals surface area contributed by atoms with Crippen molar-refractivity contribution in [2.45, 2.75) is 43.0 Å². The molecule has 0 atom stereocenters. The molecule has 182 valence electrons. The summed E-state index contributed by atoms with van der Waals surface area (Å²) < 4.78 is 74.3. The lowest BCUT2D eigenvalue weighted by molar-refractivity contribution is -0.380. The number of halogens is 5. The van der Waals surface area contributed by atoms with E-state index in [1.165, 1.54) is 30.6 Å². The van der Waals surface area contributed by atoms with Crippen LogP contribution in [0.2, 0.25) is 0 Å². The first-order valence-electron chi connectivity index (χ1n) is 10.1. The summed E-state index contributed by atoms with van der Waals surface area (Å²) in [5.41, 5.74) is 1.50. The van der Waals surface area contributed by atoms with Crippen LogP contribution in [0.3, 0.4) is 0 Å². The molecule has 1 saturated heterocycles. The van der Waals surface area contributed by atoms with E-state index in [0.717, 1.165) is 16.7 Å². The molecular formula is C21H19F5N4O3S. The van der Waals surface area contributed by atoms with Gasteiger partial charge in [0.1, 0.15) is 24.4 Å². The van der Waals surface area contributed by atoms with Crippen LogP contribution in [0, 0.1) is 5.82 Å². The summed E-state index contributed by atoms with van der Waals surface area (Å²) in [6.07, 6.45) is -5.58. The molecule has 2 aromatic heterocycles. The number of ether oxygens (including phenoxy) is 1. The number of carbonyl (C=O) groups is 1. The number of hydrogen-bond donors (Lipinski definition) is 1. The molecule has 0 radical (unpaired) electrons. The Kier molecular flexibility index (Phi) is 6.42. The first-order valence-corrected chi connectivity index (χ1v) is 11.1. The summed E-state index contributed by atoms with van der Waals surface area (Å²) in [6, 6.07) is 4.12. The first-order chi connectivity index (χ1) is 16.0. The molecular weight excluding hydrogens is 483 g/mol. The lowest BCUT2D eigenvalue weighted by Gasteiger charge is -2.37. The number of anilines is 1. The van der Waals surface area contributed by atoms with Crippen LogP contribution in [0.15, 0.2) is 35.7 Å². The van der Waals surface area contributed by atoms with Crippen molar-refractivity contribution >= 4 is 34.5 Å². The van der Waals surface area contributed by atoms with Crippen LogP contribution in [0.1, 0.15) is 18.1 Å². The number of aryl methyl sites for hydroxylation is 1. The molecule has 7 nitrogen and oxygen atoms in total. The van der Waals surface area contributed by atoms with E-state index >= 15 is 0 Å². The van der Waals surface area contributed by atoms with Gasteiger partial charge >= 0.3 is 18.2 Å². The lowest BCUT2D eigenvalue weighted by atomic mass is 10.1. The second-order valence-electron chi connectivity index (χ2n) is 7.70. The molecule has 1 fully saturated rings. The monoisotopic (exact) mass is 502 g/mol. The van der Waals surface area contributed by atoms with E-state index in [0.29, 0.717) is 17.6 Å². The molecule has 0 aliphatic carbocycles. The molecule has 1 aliphatic rings. The van der Waals surface area contributed by atoms with Crippen LogP contribution in [0.5, 0.6) is 0 Å². The van der Waals surface area contributed by atoms with E-state index in [1.54, 1.807) is 11.5 Å². The number of fused-ring (bicyclic) bond motifs is 1. The maximum Gasteiger partial charge on any atom is 0.377 e. The summed E-state index contributed by atoms with van der Waals surface area (Å²) >= 11 is 1.15. The number of nitrogens with zero attached hydrogens (tertiary/aromatic N) is 4. The van der Waals surface area contributed by atoms with Crippen LogP contribution in [-0.2, 0) is 28.2 Å². The third-order valence-corrected chi connectivity index (χ3v) is 6.06. The maximum atomic E-state index is 13.8. The average Bonchev–Trinajstić information content (AvgIpc) is 3.10. The predicted octanol–water partition coefficient (Wildman–Crippen LogP) is 4.53. The van der Waals surface area contributed by atoms with Gasteiger partial charge in [0.2, 0.25) is 0 Å². The van der Waals surface area contributed by atoms with Crippen LogP contribution in [0.4, 0.5) is 27.6 Å². The number of benzene rings is 1. The Morgan fingerprint density at radius 3 is 2.59 bits per heavy atom. The van der Waals surface area contributed by atoms with Gasteiger partial charge in [-0.25, -0.2) is 14.4 Å². The van der Waals surface area contributed by atoms with Crippen LogP contribution < -0.4 is 4.90 Å². The van der Waals surface area contributed by atoms with Gasteiger partial charge in [0.05, 0.1) is 23.8 Å². The minimum Gasteiger partial charge on any atom is -0.481 e. The van der Waals surface area contributed by atoms with Crippen molar-refractivity contribution in [3.63, 3.8) is 0 Å². The van der Waals surface area contributed by atoms with Gasteiger partial charge in [-0.1, -0.05) is 23.9 Å². The molecule has 34 heavy (non-hydrogen) atoms. The zero-order valence-corrected chi connectivity index (χ0v) is 18.6. The first kappa shape index (κ1) is 24.2. The number of alkyl halides is 4. The molecule has 1 N–H and O–H groups in total. The van der Waals surface area contributed by atoms with Crippen molar-refractivity contribution < 1.29 is 36.6 Å². The largest absolute Gasteiger partial charge is 0.481 e. The van der Waals surface area contributed by atoms with E-state index in [-0.39, 0.29) is 27.7 Å². The van der Waals surface area contributed by atoms with Crippen LogP contribution in [0.25, 0.3) is 11.0 Å². The minimum atomic E-state index is -4.04. The van der Waals surface area contributed by atoms with E-state index in [1.807, 2.05) is 0 Å². The van der Waals surface area contributed by atoms with Crippen molar-refractivity contribution in [1.82, 2.24) is 14.5 Å². The molecule has 13 heteroatoms. The summed E-state index contributed by atoms with van der Waals surface area (Å²) in [4.78, 5) is 20.4. The van der Waals surface area contributed by atoms with Crippen LogP contribution in [-0.4, -0.2) is 50.9 Å².